The summed E-state index contributed by atoms with van der Waals surface area (Å²) in [6.07, 6.45) is 1.19. The lowest BCUT2D eigenvalue weighted by Gasteiger charge is -2.26. The molecule has 0 bridgehead atoms. The molecule has 0 unspecified atom stereocenters. The van der Waals surface area contributed by atoms with Crippen molar-refractivity contribution in [3.05, 3.63) is 29.3 Å². The van der Waals surface area contributed by atoms with Crippen molar-refractivity contribution < 1.29 is 4.74 Å². The maximum absolute atomic E-state index is 5.36. The lowest BCUT2D eigenvalue weighted by molar-refractivity contribution is 0.0384. The second-order valence-corrected chi connectivity index (χ2v) is 5.77. The third-order valence-corrected chi connectivity index (χ3v) is 4.31. The Morgan fingerprint density at radius 1 is 1.20 bits per heavy atom. The largest absolute Gasteiger partial charge is 0.379 e. The van der Waals surface area contributed by atoms with Crippen molar-refractivity contribution in [1.29, 1.82) is 0 Å². The van der Waals surface area contributed by atoms with Crippen LogP contribution in [0.2, 0.25) is 0 Å². The molecule has 1 N–H and O–H groups in total. The van der Waals surface area contributed by atoms with E-state index in [4.69, 9.17) is 4.74 Å². The third-order valence-electron chi connectivity index (χ3n) is 4.31. The number of likely N-dealkylation sites (N-methyl/N-ethyl adjacent to an activating group) is 1. The first-order chi connectivity index (χ1) is 9.83. The highest BCUT2D eigenvalue weighted by Gasteiger charge is 2.15. The first-order valence-electron chi connectivity index (χ1n) is 7.67. The molecule has 110 valence electrons. The zero-order valence-electron chi connectivity index (χ0n) is 12.4. The maximum atomic E-state index is 5.36. The standard InChI is InChI=1S/C16H25N3O/c1-18-6-4-15-12-14(2-3-16(15)18)13-17-5-7-19-8-10-20-11-9-19/h2-3,12,17H,4-11,13H2,1H3. The molecule has 0 saturated carbocycles. The molecule has 0 amide bonds. The van der Waals surface area contributed by atoms with Crippen LogP contribution in [0.15, 0.2) is 18.2 Å². The minimum absolute atomic E-state index is 0.887. The monoisotopic (exact) mass is 275 g/mol. The molecule has 2 aliphatic heterocycles. The highest BCUT2D eigenvalue weighted by molar-refractivity contribution is 5.58. The summed E-state index contributed by atoms with van der Waals surface area (Å²) in [5.74, 6) is 0. The van der Waals surface area contributed by atoms with E-state index in [2.05, 4.69) is 40.4 Å². The summed E-state index contributed by atoms with van der Waals surface area (Å²) >= 11 is 0. The van der Waals surface area contributed by atoms with E-state index >= 15 is 0 Å². The Balaban J connectivity index is 1.42. The summed E-state index contributed by atoms with van der Waals surface area (Å²) < 4.78 is 5.36. The van der Waals surface area contributed by atoms with Gasteiger partial charge in [-0.15, -0.1) is 0 Å². The number of ether oxygens (including phenoxy) is 1. The first-order valence-corrected chi connectivity index (χ1v) is 7.67. The molecular formula is C16H25N3O. The molecule has 2 aliphatic rings. The van der Waals surface area contributed by atoms with Crippen molar-refractivity contribution in [3.63, 3.8) is 0 Å². The second kappa shape index (κ2) is 6.57. The summed E-state index contributed by atoms with van der Waals surface area (Å²) in [6, 6.07) is 6.88. The summed E-state index contributed by atoms with van der Waals surface area (Å²) in [6.45, 7) is 8.23. The fourth-order valence-electron chi connectivity index (χ4n) is 3.02. The van der Waals surface area contributed by atoms with Crippen LogP contribution in [-0.4, -0.2) is 57.9 Å². The summed E-state index contributed by atoms with van der Waals surface area (Å²) in [5.41, 5.74) is 4.31. The zero-order chi connectivity index (χ0) is 13.8. The molecule has 4 heteroatoms. The highest BCUT2D eigenvalue weighted by Crippen LogP contribution is 2.27. The van der Waals surface area contributed by atoms with Crippen molar-refractivity contribution >= 4 is 5.69 Å². The SMILES string of the molecule is CN1CCc2cc(CNCCN3CCOCC3)ccc21. The lowest BCUT2D eigenvalue weighted by Crippen LogP contribution is -2.40. The number of benzene rings is 1. The van der Waals surface area contributed by atoms with Gasteiger partial charge >= 0.3 is 0 Å². The van der Waals surface area contributed by atoms with Crippen LogP contribution in [0.3, 0.4) is 0 Å². The number of fused-ring (bicyclic) bond motifs is 1. The Morgan fingerprint density at radius 2 is 2.05 bits per heavy atom. The van der Waals surface area contributed by atoms with Crippen LogP contribution < -0.4 is 10.2 Å². The molecule has 1 saturated heterocycles. The minimum Gasteiger partial charge on any atom is -0.379 e. The van der Waals surface area contributed by atoms with Gasteiger partial charge in [0.05, 0.1) is 13.2 Å². The first kappa shape index (κ1) is 13.9. The predicted octanol–water partition coefficient (Wildman–Crippen LogP) is 1.10. The smallest absolute Gasteiger partial charge is 0.0594 e. The van der Waals surface area contributed by atoms with E-state index < -0.39 is 0 Å². The quantitative estimate of drug-likeness (QED) is 0.815. The third kappa shape index (κ3) is 3.32. The molecule has 0 aromatic heterocycles. The Morgan fingerprint density at radius 3 is 2.90 bits per heavy atom. The van der Waals surface area contributed by atoms with Gasteiger partial charge in [0.1, 0.15) is 0 Å². The van der Waals surface area contributed by atoms with E-state index in [1.165, 1.54) is 23.2 Å². The second-order valence-electron chi connectivity index (χ2n) is 5.77. The van der Waals surface area contributed by atoms with Crippen LogP contribution >= 0.6 is 0 Å². The predicted molar refractivity (Wildman–Crippen MR) is 82.4 cm³/mol. The van der Waals surface area contributed by atoms with Crippen molar-refractivity contribution in [2.24, 2.45) is 0 Å². The van der Waals surface area contributed by atoms with E-state index in [0.717, 1.165) is 52.5 Å². The van der Waals surface area contributed by atoms with Gasteiger partial charge in [-0.2, -0.15) is 0 Å². The van der Waals surface area contributed by atoms with Crippen molar-refractivity contribution in [3.8, 4) is 0 Å². The van der Waals surface area contributed by atoms with Gasteiger partial charge in [0, 0.05) is 52.0 Å². The number of rotatable bonds is 5. The molecule has 20 heavy (non-hydrogen) atoms. The Labute approximate surface area is 121 Å². The van der Waals surface area contributed by atoms with Gasteiger partial charge in [-0.3, -0.25) is 4.90 Å². The van der Waals surface area contributed by atoms with Gasteiger partial charge < -0.3 is 15.0 Å². The average Bonchev–Trinajstić information content (AvgIpc) is 2.86. The average molecular weight is 275 g/mol. The molecule has 3 rings (SSSR count). The topological polar surface area (TPSA) is 27.7 Å². The molecule has 1 aromatic carbocycles. The number of nitrogens with one attached hydrogen (secondary N) is 1. The van der Waals surface area contributed by atoms with Crippen molar-refractivity contribution in [2.75, 3.05) is 57.9 Å². The Kier molecular flexibility index (Phi) is 4.55. The van der Waals surface area contributed by atoms with Crippen molar-refractivity contribution in [1.82, 2.24) is 10.2 Å². The fourth-order valence-corrected chi connectivity index (χ4v) is 3.02. The normalized spacial score (nSPS) is 19.4. The summed E-state index contributed by atoms with van der Waals surface area (Å²) in [5, 5.41) is 3.56. The minimum atomic E-state index is 0.887. The summed E-state index contributed by atoms with van der Waals surface area (Å²) in [4.78, 5) is 4.80. The van der Waals surface area contributed by atoms with E-state index in [0.29, 0.717) is 0 Å². The molecule has 0 radical (unpaired) electrons. The Hall–Kier alpha value is -1.10. The van der Waals surface area contributed by atoms with E-state index in [9.17, 15) is 0 Å². The van der Waals surface area contributed by atoms with Crippen molar-refractivity contribution in [2.45, 2.75) is 13.0 Å². The molecule has 1 fully saturated rings. The Bertz CT molecular complexity index is 443. The molecule has 1 aromatic rings. The van der Waals surface area contributed by atoms with Crippen LogP contribution in [0.5, 0.6) is 0 Å². The molecule has 0 aliphatic carbocycles. The van der Waals surface area contributed by atoms with Gasteiger partial charge in [-0.05, 0) is 23.6 Å². The molecule has 4 nitrogen and oxygen atoms in total. The fraction of sp³-hybridized carbons (Fsp3) is 0.625. The number of hydrogen-bond donors (Lipinski definition) is 1. The molecule has 0 spiro atoms. The molecule has 0 atom stereocenters. The van der Waals surface area contributed by atoms with Crippen LogP contribution in [-0.2, 0) is 17.7 Å². The van der Waals surface area contributed by atoms with Crippen LogP contribution in [0.1, 0.15) is 11.1 Å². The number of nitrogens with zero attached hydrogens (tertiary/aromatic N) is 2. The van der Waals surface area contributed by atoms with E-state index in [1.54, 1.807) is 0 Å². The highest BCUT2D eigenvalue weighted by atomic mass is 16.5. The van der Waals surface area contributed by atoms with E-state index in [-0.39, 0.29) is 0 Å². The molecular weight excluding hydrogens is 250 g/mol. The van der Waals surface area contributed by atoms with Gasteiger partial charge in [0.25, 0.3) is 0 Å². The summed E-state index contributed by atoms with van der Waals surface area (Å²) in [7, 11) is 2.17. The molecule has 2 heterocycles. The maximum Gasteiger partial charge on any atom is 0.0594 e. The van der Waals surface area contributed by atoms with Crippen LogP contribution in [0.25, 0.3) is 0 Å². The van der Waals surface area contributed by atoms with Gasteiger partial charge in [0.2, 0.25) is 0 Å². The number of morpholine rings is 1. The van der Waals surface area contributed by atoms with Gasteiger partial charge in [-0.25, -0.2) is 0 Å². The van der Waals surface area contributed by atoms with Crippen LogP contribution in [0.4, 0.5) is 5.69 Å². The lowest BCUT2D eigenvalue weighted by atomic mass is 10.1. The van der Waals surface area contributed by atoms with Crippen LogP contribution in [0, 0.1) is 0 Å². The number of hydrogen-bond acceptors (Lipinski definition) is 4. The van der Waals surface area contributed by atoms with Gasteiger partial charge in [-0.1, -0.05) is 12.1 Å². The zero-order valence-corrected chi connectivity index (χ0v) is 12.4. The number of anilines is 1. The van der Waals surface area contributed by atoms with Gasteiger partial charge in [0.15, 0.2) is 0 Å². The van der Waals surface area contributed by atoms with E-state index in [1.807, 2.05) is 0 Å².